The normalized spacial score (nSPS) is 17.9. The highest BCUT2D eigenvalue weighted by Crippen LogP contribution is 2.26. The monoisotopic (exact) mass is 511 g/mol. The molecular weight excluding hydrogens is 474 g/mol. The first-order chi connectivity index (χ1) is 18.4. The van der Waals surface area contributed by atoms with Crippen LogP contribution in [0.25, 0.3) is 10.8 Å². The van der Waals surface area contributed by atoms with Crippen LogP contribution in [0.2, 0.25) is 0 Å². The number of benzene rings is 3. The van der Waals surface area contributed by atoms with E-state index in [1.165, 1.54) is 0 Å². The van der Waals surface area contributed by atoms with Gasteiger partial charge in [0.05, 0.1) is 6.04 Å². The number of ketones is 2. The molecule has 1 N–H and O–H groups in total. The molecule has 0 spiro atoms. The van der Waals surface area contributed by atoms with Crippen LogP contribution in [-0.2, 0) is 32.0 Å². The van der Waals surface area contributed by atoms with Crippen molar-refractivity contribution in [2.75, 3.05) is 0 Å². The first kappa shape index (κ1) is 27.4. The molecule has 0 aromatic heterocycles. The van der Waals surface area contributed by atoms with E-state index in [-0.39, 0.29) is 35.7 Å². The predicted molar refractivity (Wildman–Crippen MR) is 150 cm³/mol. The average Bonchev–Trinajstić information content (AvgIpc) is 2.94. The molecule has 1 amide bonds. The van der Waals surface area contributed by atoms with Crippen LogP contribution in [0, 0.1) is 17.8 Å². The number of fused-ring (bicyclic) bond motifs is 1. The van der Waals surface area contributed by atoms with Crippen LogP contribution < -0.4 is 5.32 Å². The van der Waals surface area contributed by atoms with Gasteiger partial charge < -0.3 is 10.1 Å². The maximum Gasteiger partial charge on any atom is 0.224 e. The molecule has 0 saturated heterocycles. The number of rotatable bonds is 12. The fraction of sp³-hybridized carbons (Fsp3) is 0.394. The number of hydrogen-bond acceptors (Lipinski definition) is 4. The van der Waals surface area contributed by atoms with E-state index < -0.39 is 12.0 Å². The Morgan fingerprint density at radius 1 is 0.947 bits per heavy atom. The van der Waals surface area contributed by atoms with Crippen LogP contribution in [0.3, 0.4) is 0 Å². The lowest BCUT2D eigenvalue weighted by Crippen LogP contribution is -2.43. The van der Waals surface area contributed by atoms with Crippen LogP contribution in [0.4, 0.5) is 0 Å². The largest absolute Gasteiger partial charge is 0.346 e. The van der Waals surface area contributed by atoms with Crippen molar-refractivity contribution in [3.05, 3.63) is 83.9 Å². The van der Waals surface area contributed by atoms with Gasteiger partial charge in [-0.1, -0.05) is 86.1 Å². The highest BCUT2D eigenvalue weighted by Gasteiger charge is 2.30. The zero-order valence-corrected chi connectivity index (χ0v) is 22.1. The molecule has 5 nitrogen and oxygen atoms in total. The third-order valence-corrected chi connectivity index (χ3v) is 7.81. The van der Waals surface area contributed by atoms with E-state index in [0.717, 1.165) is 47.4 Å². The number of carbonyl (C=O) groups is 4. The number of hydrogen-bond donors (Lipinski definition) is 1. The van der Waals surface area contributed by atoms with Gasteiger partial charge in [-0.05, 0) is 54.0 Å². The summed E-state index contributed by atoms with van der Waals surface area (Å²) in [5.41, 5.74) is 2.08. The number of Topliss-reactive ketones (excluding diaryl/α,β-unsaturated/α-hetero) is 2. The molecule has 4 atom stereocenters. The molecule has 3 aromatic rings. The Hall–Kier alpha value is -3.60. The minimum Gasteiger partial charge on any atom is -0.346 e. The minimum absolute atomic E-state index is 0.0270. The molecule has 4 rings (SSSR count). The van der Waals surface area contributed by atoms with Crippen molar-refractivity contribution in [2.45, 2.75) is 64.3 Å². The van der Waals surface area contributed by atoms with Gasteiger partial charge in [-0.2, -0.15) is 0 Å². The quantitative estimate of drug-likeness (QED) is 0.318. The fourth-order valence-corrected chi connectivity index (χ4v) is 5.57. The van der Waals surface area contributed by atoms with Gasteiger partial charge in [0.1, 0.15) is 17.9 Å². The molecule has 1 fully saturated rings. The zero-order chi connectivity index (χ0) is 26.9. The molecule has 0 aliphatic heterocycles. The van der Waals surface area contributed by atoms with Crippen LogP contribution >= 0.6 is 0 Å². The SMILES string of the molecule is C[C@@H](Cc1cccc2ccccc12)C(=O)C[C@@H](Cc1ccccc1)C(=O)N[C@H](C=O)C[C@@H]1CCCCC1=O. The van der Waals surface area contributed by atoms with Crippen molar-refractivity contribution in [3.8, 4) is 0 Å². The topological polar surface area (TPSA) is 80.3 Å². The Bertz CT molecular complexity index is 1260. The standard InChI is InChI=1S/C33H37NO4/c1-23(18-26-15-9-14-25-12-5-7-16-30(25)26)32(37)21-28(19-24-10-3-2-4-11-24)33(38)34-29(22-35)20-27-13-6-8-17-31(27)36/h2-5,7,9-12,14-16,22-23,27-29H,6,8,13,17-21H2,1H3,(H,34,38)/t23-,27-,28+,29-/m0/s1. The van der Waals surface area contributed by atoms with Gasteiger partial charge in [-0.3, -0.25) is 14.4 Å². The summed E-state index contributed by atoms with van der Waals surface area (Å²) in [5, 5.41) is 5.14. The van der Waals surface area contributed by atoms with Crippen molar-refractivity contribution in [1.82, 2.24) is 5.32 Å². The molecule has 0 bridgehead atoms. The summed E-state index contributed by atoms with van der Waals surface area (Å²) >= 11 is 0. The lowest BCUT2D eigenvalue weighted by atomic mass is 9.83. The second-order valence-corrected chi connectivity index (χ2v) is 10.7. The summed E-state index contributed by atoms with van der Waals surface area (Å²) in [6.07, 6.45) is 5.33. The van der Waals surface area contributed by atoms with Crippen LogP contribution in [-0.4, -0.2) is 29.8 Å². The van der Waals surface area contributed by atoms with Crippen molar-refractivity contribution in [3.63, 3.8) is 0 Å². The number of amides is 1. The third kappa shape index (κ3) is 7.25. The minimum atomic E-state index is -0.726. The molecule has 1 aliphatic rings. The van der Waals surface area contributed by atoms with E-state index in [2.05, 4.69) is 29.6 Å². The van der Waals surface area contributed by atoms with Gasteiger partial charge in [-0.25, -0.2) is 0 Å². The van der Waals surface area contributed by atoms with E-state index in [0.29, 0.717) is 25.7 Å². The smallest absolute Gasteiger partial charge is 0.224 e. The maximum atomic E-state index is 13.4. The van der Waals surface area contributed by atoms with Gasteiger partial charge in [0.2, 0.25) is 5.91 Å². The van der Waals surface area contributed by atoms with Gasteiger partial charge >= 0.3 is 0 Å². The molecule has 5 heteroatoms. The number of carbonyl (C=O) groups excluding carboxylic acids is 4. The lowest BCUT2D eigenvalue weighted by molar-refractivity contribution is -0.132. The highest BCUT2D eigenvalue weighted by molar-refractivity contribution is 5.90. The van der Waals surface area contributed by atoms with Crippen LogP contribution in [0.1, 0.15) is 56.6 Å². The Labute approximate surface area is 225 Å². The van der Waals surface area contributed by atoms with E-state index in [1.54, 1.807) is 0 Å². The Morgan fingerprint density at radius 2 is 1.68 bits per heavy atom. The predicted octanol–water partition coefficient (Wildman–Crippen LogP) is 5.67. The zero-order valence-electron chi connectivity index (χ0n) is 22.1. The van der Waals surface area contributed by atoms with E-state index in [1.807, 2.05) is 55.5 Å². The Balaban J connectivity index is 1.45. The van der Waals surface area contributed by atoms with Crippen molar-refractivity contribution in [2.24, 2.45) is 17.8 Å². The van der Waals surface area contributed by atoms with Crippen molar-refractivity contribution < 1.29 is 19.2 Å². The molecule has 0 heterocycles. The van der Waals surface area contributed by atoms with Crippen molar-refractivity contribution in [1.29, 1.82) is 0 Å². The first-order valence-corrected chi connectivity index (χ1v) is 13.8. The lowest BCUT2D eigenvalue weighted by Gasteiger charge is -2.25. The molecule has 1 saturated carbocycles. The molecule has 0 unspecified atom stereocenters. The summed E-state index contributed by atoms with van der Waals surface area (Å²) in [4.78, 5) is 51.0. The first-order valence-electron chi connectivity index (χ1n) is 13.8. The van der Waals surface area contributed by atoms with E-state index >= 15 is 0 Å². The van der Waals surface area contributed by atoms with E-state index in [4.69, 9.17) is 0 Å². The highest BCUT2D eigenvalue weighted by atomic mass is 16.2. The molecule has 3 aromatic carbocycles. The summed E-state index contributed by atoms with van der Waals surface area (Å²) < 4.78 is 0. The van der Waals surface area contributed by atoms with Gasteiger partial charge in [0, 0.05) is 30.6 Å². The molecule has 0 radical (unpaired) electrons. The van der Waals surface area contributed by atoms with Crippen LogP contribution in [0.5, 0.6) is 0 Å². The van der Waals surface area contributed by atoms with Crippen molar-refractivity contribution >= 4 is 34.5 Å². The second kappa shape index (κ2) is 13.3. The third-order valence-electron chi connectivity index (χ3n) is 7.81. The van der Waals surface area contributed by atoms with E-state index in [9.17, 15) is 19.2 Å². The molecule has 1 aliphatic carbocycles. The Morgan fingerprint density at radius 3 is 2.45 bits per heavy atom. The molecular formula is C33H37NO4. The van der Waals surface area contributed by atoms with Crippen LogP contribution in [0.15, 0.2) is 72.8 Å². The van der Waals surface area contributed by atoms with Gasteiger partial charge in [0.15, 0.2) is 0 Å². The number of aldehydes is 1. The molecule has 38 heavy (non-hydrogen) atoms. The summed E-state index contributed by atoms with van der Waals surface area (Å²) in [7, 11) is 0. The summed E-state index contributed by atoms with van der Waals surface area (Å²) in [5.74, 6) is -1.14. The Kier molecular flexibility index (Phi) is 9.58. The maximum absolute atomic E-state index is 13.4. The molecule has 198 valence electrons. The summed E-state index contributed by atoms with van der Waals surface area (Å²) in [6, 6.07) is 23.2. The fourth-order valence-electron chi connectivity index (χ4n) is 5.57. The van der Waals surface area contributed by atoms with Gasteiger partial charge in [0.25, 0.3) is 0 Å². The summed E-state index contributed by atoms with van der Waals surface area (Å²) in [6.45, 7) is 1.92. The number of nitrogens with one attached hydrogen (secondary N) is 1. The van der Waals surface area contributed by atoms with Gasteiger partial charge in [-0.15, -0.1) is 0 Å². The second-order valence-electron chi connectivity index (χ2n) is 10.7. The average molecular weight is 512 g/mol.